The van der Waals surface area contributed by atoms with E-state index >= 15 is 0 Å². The smallest absolute Gasteiger partial charge is 0.410 e. The first-order chi connectivity index (χ1) is 16.5. The minimum Gasteiger partial charge on any atom is -0.480 e. The van der Waals surface area contributed by atoms with Crippen LogP contribution in [0.15, 0.2) is 79.0 Å². The van der Waals surface area contributed by atoms with Crippen molar-refractivity contribution in [2.45, 2.75) is 12.3 Å². The number of hydrogen-bond acceptors (Lipinski definition) is 3. The summed E-state index contributed by atoms with van der Waals surface area (Å²) >= 11 is 0. The predicted octanol–water partition coefficient (Wildman–Crippen LogP) is 5.06. The summed E-state index contributed by atoms with van der Waals surface area (Å²) < 4.78 is 7.73. The molecule has 1 heterocycles. The summed E-state index contributed by atoms with van der Waals surface area (Å²) in [6, 6.07) is 24.4. The highest BCUT2D eigenvalue weighted by atomic mass is 16.6. The molecule has 6 heteroatoms. The van der Waals surface area contributed by atoms with Crippen molar-refractivity contribution in [3.8, 4) is 11.1 Å². The van der Waals surface area contributed by atoms with Crippen LogP contribution in [0.4, 0.5) is 4.79 Å². The molecule has 172 valence electrons. The summed E-state index contributed by atoms with van der Waals surface area (Å²) in [6.45, 7) is 0.0280. The van der Waals surface area contributed by atoms with E-state index in [1.54, 1.807) is 0 Å². The Morgan fingerprint density at radius 3 is 2.32 bits per heavy atom. The van der Waals surface area contributed by atoms with Gasteiger partial charge >= 0.3 is 12.1 Å². The van der Waals surface area contributed by atoms with Gasteiger partial charge in [-0.1, -0.05) is 60.7 Å². The molecule has 0 radical (unpaired) electrons. The number of fused-ring (bicyclic) bond motifs is 4. The first-order valence-electron chi connectivity index (χ1n) is 11.4. The third-order valence-electron chi connectivity index (χ3n) is 6.54. The van der Waals surface area contributed by atoms with Crippen LogP contribution in [0.1, 0.15) is 22.6 Å². The molecule has 0 saturated heterocycles. The molecule has 0 spiro atoms. The molecule has 0 atom stereocenters. The first kappa shape index (κ1) is 21.8. The molecule has 4 aromatic rings. The molecule has 1 aliphatic carbocycles. The Morgan fingerprint density at radius 1 is 0.971 bits per heavy atom. The zero-order valence-electron chi connectivity index (χ0n) is 19.0. The number of amides is 1. The minimum absolute atomic E-state index is 0.0669. The lowest BCUT2D eigenvalue weighted by molar-refractivity contribution is -0.138. The Bertz CT molecular complexity index is 1330. The Labute approximate surface area is 198 Å². The van der Waals surface area contributed by atoms with Crippen LogP contribution in [0.25, 0.3) is 22.0 Å². The van der Waals surface area contributed by atoms with E-state index in [-0.39, 0.29) is 19.1 Å². The second-order valence-corrected chi connectivity index (χ2v) is 8.69. The van der Waals surface area contributed by atoms with Gasteiger partial charge in [-0.05, 0) is 51.8 Å². The van der Waals surface area contributed by atoms with Gasteiger partial charge in [0, 0.05) is 31.2 Å². The molecule has 5 rings (SSSR count). The highest BCUT2D eigenvalue weighted by Crippen LogP contribution is 2.44. The van der Waals surface area contributed by atoms with Gasteiger partial charge in [-0.25, -0.2) is 4.79 Å². The number of carbonyl (C=O) groups is 2. The van der Waals surface area contributed by atoms with Crippen LogP contribution >= 0.6 is 0 Å². The molecule has 6 nitrogen and oxygen atoms in total. The summed E-state index contributed by atoms with van der Waals surface area (Å²) in [6.07, 6.45) is 1.93. The fourth-order valence-corrected chi connectivity index (χ4v) is 4.81. The maximum absolute atomic E-state index is 12.9. The zero-order chi connectivity index (χ0) is 23.7. The third-order valence-corrected chi connectivity index (χ3v) is 6.54. The van der Waals surface area contributed by atoms with Crippen LogP contribution in [0.3, 0.4) is 0 Å². The SMILES string of the molecule is Cn1ccc2ccc(CCN(CC(=O)O)C(=O)OCC3c4ccccc4-c4ccccc43)cc21. The largest absolute Gasteiger partial charge is 0.480 e. The van der Waals surface area contributed by atoms with Crippen molar-refractivity contribution in [1.29, 1.82) is 0 Å². The number of carbonyl (C=O) groups excluding carboxylic acids is 1. The van der Waals surface area contributed by atoms with Gasteiger partial charge in [0.1, 0.15) is 13.2 Å². The summed E-state index contributed by atoms with van der Waals surface area (Å²) in [4.78, 5) is 25.7. The van der Waals surface area contributed by atoms with Crippen molar-refractivity contribution in [3.63, 3.8) is 0 Å². The number of aryl methyl sites for hydroxylation is 1. The number of carboxylic acids is 1. The van der Waals surface area contributed by atoms with Gasteiger partial charge in [0.25, 0.3) is 0 Å². The molecule has 0 fully saturated rings. The van der Waals surface area contributed by atoms with Gasteiger partial charge in [-0.2, -0.15) is 0 Å². The molecule has 34 heavy (non-hydrogen) atoms. The Morgan fingerprint density at radius 2 is 1.65 bits per heavy atom. The topological polar surface area (TPSA) is 71.8 Å². The number of hydrogen-bond donors (Lipinski definition) is 1. The standard InChI is InChI=1S/C28H26N2O4/c1-29-14-13-20-11-10-19(16-26(20)29)12-15-30(17-27(31)32)28(33)34-18-25-23-8-4-2-6-21(23)22-7-3-5-9-24(22)25/h2-11,13-14,16,25H,12,15,17-18H2,1H3,(H,31,32). The van der Waals surface area contributed by atoms with E-state index in [2.05, 4.69) is 30.3 Å². The molecule has 1 amide bonds. The quantitative estimate of drug-likeness (QED) is 0.424. The van der Waals surface area contributed by atoms with Crippen molar-refractivity contribution in [2.24, 2.45) is 7.05 Å². The lowest BCUT2D eigenvalue weighted by Gasteiger charge is -2.22. The molecular weight excluding hydrogens is 428 g/mol. The fraction of sp³-hybridized carbons (Fsp3) is 0.214. The molecule has 3 aromatic carbocycles. The number of nitrogens with zero attached hydrogens (tertiary/aromatic N) is 2. The molecule has 1 aromatic heterocycles. The van der Waals surface area contributed by atoms with Gasteiger partial charge in [-0.3, -0.25) is 9.69 Å². The van der Waals surface area contributed by atoms with Crippen molar-refractivity contribution in [1.82, 2.24) is 9.47 Å². The van der Waals surface area contributed by atoms with Crippen molar-refractivity contribution in [2.75, 3.05) is 19.7 Å². The lowest BCUT2D eigenvalue weighted by Crippen LogP contribution is -2.38. The molecule has 0 bridgehead atoms. The monoisotopic (exact) mass is 454 g/mol. The number of benzene rings is 3. The molecule has 0 aliphatic heterocycles. The van der Waals surface area contributed by atoms with Gasteiger partial charge in [0.05, 0.1) is 0 Å². The van der Waals surface area contributed by atoms with E-state index in [1.165, 1.54) is 4.90 Å². The van der Waals surface area contributed by atoms with Crippen molar-refractivity contribution >= 4 is 23.0 Å². The Balaban J connectivity index is 1.29. The summed E-state index contributed by atoms with van der Waals surface area (Å²) in [5.74, 6) is -1.13. The van der Waals surface area contributed by atoms with Gasteiger partial charge in [0.2, 0.25) is 0 Å². The highest BCUT2D eigenvalue weighted by Gasteiger charge is 2.30. The average molecular weight is 455 g/mol. The van der Waals surface area contributed by atoms with Crippen LogP contribution in [0.5, 0.6) is 0 Å². The molecule has 1 N–H and O–H groups in total. The third kappa shape index (κ3) is 4.15. The lowest BCUT2D eigenvalue weighted by atomic mass is 9.98. The van der Waals surface area contributed by atoms with Crippen LogP contribution < -0.4 is 0 Å². The number of aliphatic carboxylic acids is 1. The van der Waals surface area contributed by atoms with E-state index in [0.29, 0.717) is 6.42 Å². The molecule has 0 saturated carbocycles. The number of rotatable bonds is 7. The van der Waals surface area contributed by atoms with Gasteiger partial charge in [-0.15, -0.1) is 0 Å². The highest BCUT2D eigenvalue weighted by molar-refractivity contribution is 5.81. The fourth-order valence-electron chi connectivity index (χ4n) is 4.81. The number of carboxylic acid groups (broad SMARTS) is 1. The minimum atomic E-state index is -1.06. The summed E-state index contributed by atoms with van der Waals surface area (Å²) in [5, 5.41) is 10.5. The van der Waals surface area contributed by atoms with Gasteiger partial charge < -0.3 is 14.4 Å². The summed E-state index contributed by atoms with van der Waals surface area (Å²) in [7, 11) is 1.99. The van der Waals surface area contributed by atoms with Crippen molar-refractivity contribution in [3.05, 3.63) is 95.7 Å². The Kier molecular flexibility index (Phi) is 5.80. The predicted molar refractivity (Wildman–Crippen MR) is 131 cm³/mol. The first-order valence-corrected chi connectivity index (χ1v) is 11.4. The average Bonchev–Trinajstić information content (AvgIpc) is 3.37. The van der Waals surface area contributed by atoms with Gasteiger partial charge in [0.15, 0.2) is 0 Å². The van der Waals surface area contributed by atoms with E-state index in [9.17, 15) is 14.7 Å². The van der Waals surface area contributed by atoms with Crippen molar-refractivity contribution < 1.29 is 19.4 Å². The second kappa shape index (κ2) is 9.06. The number of ether oxygens (including phenoxy) is 1. The molecule has 0 unspecified atom stereocenters. The van der Waals surface area contributed by atoms with Crippen LogP contribution in [-0.2, 0) is 23.0 Å². The number of aromatic nitrogens is 1. The van der Waals surface area contributed by atoms with E-state index in [4.69, 9.17) is 4.74 Å². The Hall–Kier alpha value is -4.06. The zero-order valence-corrected chi connectivity index (χ0v) is 19.0. The van der Waals surface area contributed by atoms with E-state index in [0.717, 1.165) is 38.7 Å². The second-order valence-electron chi connectivity index (χ2n) is 8.69. The molecule has 1 aliphatic rings. The van der Waals surface area contributed by atoms with E-state index < -0.39 is 18.6 Å². The van der Waals surface area contributed by atoms with E-state index in [1.807, 2.05) is 60.3 Å². The molecular formula is C28H26N2O4. The van der Waals surface area contributed by atoms with Crippen LogP contribution in [0.2, 0.25) is 0 Å². The normalized spacial score (nSPS) is 12.4. The summed E-state index contributed by atoms with van der Waals surface area (Å²) in [5.41, 5.74) is 6.68. The maximum atomic E-state index is 12.9. The maximum Gasteiger partial charge on any atom is 0.410 e. The van der Waals surface area contributed by atoms with Crippen LogP contribution in [0, 0.1) is 0 Å². The van der Waals surface area contributed by atoms with Crippen LogP contribution in [-0.4, -0.2) is 46.3 Å².